The average Bonchev–Trinajstić information content (AvgIpc) is 1.14. The summed E-state index contributed by atoms with van der Waals surface area (Å²) in [4.78, 5) is 91.9. The van der Waals surface area contributed by atoms with E-state index < -0.39 is 52.8 Å². The summed E-state index contributed by atoms with van der Waals surface area (Å²) in [5.41, 5.74) is 0.616. The van der Waals surface area contributed by atoms with E-state index in [2.05, 4.69) is 47.5 Å². The number of alkyl carbamates (subject to hydrolysis) is 1. The van der Waals surface area contributed by atoms with Crippen LogP contribution in [0.3, 0.4) is 0 Å². The number of benzene rings is 3. The largest absolute Gasteiger partial charge is 0.444 e. The monoisotopic (exact) mass is 1290 g/mol. The first-order valence-electron chi connectivity index (χ1n) is 33.2. The third kappa shape index (κ3) is 17.9. The maximum Gasteiger partial charge on any atom is 0.410 e. The van der Waals surface area contributed by atoms with E-state index in [0.717, 1.165) is 111 Å². The second-order valence-corrected chi connectivity index (χ2v) is 28.5. The van der Waals surface area contributed by atoms with Crippen molar-refractivity contribution in [1.29, 1.82) is 0 Å². The van der Waals surface area contributed by atoms with Crippen molar-refractivity contribution in [3.63, 3.8) is 0 Å². The standard InChI is InChI=1S/C70H93ClF2N10O9/c1-68(2,3)91-66(88)78-70(29-37-80(38-30-70)63-57-23-31-74-62(57)75-45-76-63)59(84)22-18-47(46-15-19-53(71)20-16-46)24-32-79-33-25-55(26-34-79)90-56-27-35-81(36-28-56)65(87)61(48-11-8-7-9-12-48)77-64(86)50-14-10-13-49(39-50)52-42-82(43-52)60(85)44-83(67(89)92-69(4,5)6)41-51-17-21-54(72)40-58(51)73/h10,13-17,19-21,23,31,39-40,45,47-48,52,55-56,60-61,85H,7-9,11-12,18,22,24-30,32-38,41-44H2,1-6H3,(H,77,86)(H,78,88)(H,74,75,76)/t47-,60?,61+/m0/s1. The Labute approximate surface area is 544 Å². The summed E-state index contributed by atoms with van der Waals surface area (Å²) in [6, 6.07) is 19.8. The Kier molecular flexibility index (Phi) is 22.3. The predicted molar refractivity (Wildman–Crippen MR) is 348 cm³/mol. The van der Waals surface area contributed by atoms with Gasteiger partial charge in [-0.25, -0.2) is 28.3 Å². The van der Waals surface area contributed by atoms with Gasteiger partial charge >= 0.3 is 12.2 Å². The number of ether oxygens (including phenoxy) is 3. The normalized spacial score (nSPS) is 19.4. The highest BCUT2D eigenvalue weighted by Gasteiger charge is 2.45. The number of aliphatic hydroxyl groups is 1. The van der Waals surface area contributed by atoms with Crippen LogP contribution in [0.1, 0.15) is 170 Å². The van der Waals surface area contributed by atoms with E-state index in [-0.39, 0.29) is 72.6 Å². The van der Waals surface area contributed by atoms with Crippen molar-refractivity contribution in [3.05, 3.63) is 124 Å². The molecule has 4 aliphatic heterocycles. The van der Waals surface area contributed by atoms with Crippen LogP contribution in [0.2, 0.25) is 5.02 Å². The number of aromatic amines is 1. The van der Waals surface area contributed by atoms with Crippen molar-refractivity contribution in [2.24, 2.45) is 5.92 Å². The Bertz CT molecular complexity index is 3320. The molecule has 92 heavy (non-hydrogen) atoms. The van der Waals surface area contributed by atoms with Crippen LogP contribution in [0, 0.1) is 17.6 Å². The minimum absolute atomic E-state index is 0.00814. The smallest absolute Gasteiger partial charge is 0.410 e. The number of ketones is 1. The molecule has 498 valence electrons. The number of rotatable bonds is 22. The SMILES string of the molecule is CC(C)(C)OC(=O)NC1(C(=O)CC[C@@H](CCN2CCC(OC3CCN(C(=O)[C@H](NC(=O)c4cccc(C5CN(C(O)CN(Cc6ccc(F)cc6F)C(=O)OC(C)(C)C)C5)c4)C4CCCCC4)CC3)CC2)c2ccc(Cl)cc2)CCN(c2ncnc3[nH]ccc23)CC1. The first kappa shape index (κ1) is 68.1. The molecular weight excluding hydrogens is 1200 g/mol. The van der Waals surface area contributed by atoms with Crippen molar-refractivity contribution in [2.75, 3.05) is 70.3 Å². The molecule has 1 aliphatic carbocycles. The zero-order valence-electron chi connectivity index (χ0n) is 54.3. The zero-order chi connectivity index (χ0) is 65.3. The van der Waals surface area contributed by atoms with E-state index in [1.807, 2.05) is 68.3 Å². The molecular formula is C70H93ClF2N10O9. The predicted octanol–water partition coefficient (Wildman–Crippen LogP) is 11.3. The first-order chi connectivity index (χ1) is 43.9. The number of fused-ring (bicyclic) bond motifs is 1. The third-order valence-corrected chi connectivity index (χ3v) is 19.3. The zero-order valence-corrected chi connectivity index (χ0v) is 55.0. The first-order valence-corrected chi connectivity index (χ1v) is 33.6. The van der Waals surface area contributed by atoms with Gasteiger partial charge < -0.3 is 49.6 Å². The quantitative estimate of drug-likeness (QED) is 0.0507. The third-order valence-electron chi connectivity index (χ3n) is 19.1. The Balaban J connectivity index is 0.689. The molecule has 5 aliphatic rings. The highest BCUT2D eigenvalue weighted by Crippen LogP contribution is 2.36. The van der Waals surface area contributed by atoms with Gasteiger partial charge in [-0.2, -0.15) is 0 Å². The Hall–Kier alpha value is -6.78. The maximum absolute atomic E-state index is 14.7. The van der Waals surface area contributed by atoms with Crippen LogP contribution in [-0.2, 0) is 30.3 Å². The molecule has 5 aromatic rings. The average molecular weight is 1290 g/mol. The summed E-state index contributed by atoms with van der Waals surface area (Å²) in [5, 5.41) is 19.2. The van der Waals surface area contributed by atoms with Gasteiger partial charge in [-0.3, -0.25) is 24.2 Å². The summed E-state index contributed by atoms with van der Waals surface area (Å²) in [6.45, 7) is 15.8. The van der Waals surface area contributed by atoms with Crippen molar-refractivity contribution in [3.8, 4) is 0 Å². The number of amides is 4. The van der Waals surface area contributed by atoms with Gasteiger partial charge in [-0.15, -0.1) is 0 Å². The molecule has 0 radical (unpaired) electrons. The van der Waals surface area contributed by atoms with Gasteiger partial charge in [0.2, 0.25) is 5.91 Å². The maximum atomic E-state index is 14.7. The van der Waals surface area contributed by atoms with E-state index in [0.29, 0.717) is 82.0 Å². The minimum Gasteiger partial charge on any atom is -0.444 e. The molecule has 22 heteroatoms. The number of hydrogen-bond acceptors (Lipinski definition) is 14. The Morgan fingerprint density at radius 3 is 2.16 bits per heavy atom. The summed E-state index contributed by atoms with van der Waals surface area (Å²) in [5.74, 6) is -1.04. The number of halogens is 3. The van der Waals surface area contributed by atoms with Crippen LogP contribution < -0.4 is 15.5 Å². The molecule has 0 spiro atoms. The van der Waals surface area contributed by atoms with Gasteiger partial charge in [0.1, 0.15) is 58.4 Å². The lowest BCUT2D eigenvalue weighted by molar-refractivity contribution is -0.139. The van der Waals surface area contributed by atoms with Crippen molar-refractivity contribution < 1.29 is 52.1 Å². The molecule has 3 atom stereocenters. The highest BCUT2D eigenvalue weighted by molar-refractivity contribution is 6.30. The second-order valence-electron chi connectivity index (χ2n) is 28.0. The number of nitrogens with one attached hydrogen (secondary N) is 3. The molecule has 4 saturated heterocycles. The van der Waals surface area contributed by atoms with Gasteiger partial charge in [0.15, 0.2) is 5.78 Å². The summed E-state index contributed by atoms with van der Waals surface area (Å²) in [6.07, 6.45) is 11.6. The van der Waals surface area contributed by atoms with Crippen LogP contribution in [0.5, 0.6) is 0 Å². The Morgan fingerprint density at radius 2 is 1.49 bits per heavy atom. The number of anilines is 1. The van der Waals surface area contributed by atoms with E-state index in [9.17, 15) is 37.9 Å². The summed E-state index contributed by atoms with van der Waals surface area (Å²) in [7, 11) is 0. The second kappa shape index (κ2) is 30.1. The highest BCUT2D eigenvalue weighted by atomic mass is 35.5. The molecule has 1 unspecified atom stereocenters. The van der Waals surface area contributed by atoms with Crippen LogP contribution in [-0.4, -0.2) is 176 Å². The fourth-order valence-corrected chi connectivity index (χ4v) is 14.0. The molecule has 4 amide bonds. The van der Waals surface area contributed by atoms with Crippen LogP contribution in [0.4, 0.5) is 24.2 Å². The van der Waals surface area contributed by atoms with Gasteiger partial charge in [0, 0.05) is 93.1 Å². The van der Waals surface area contributed by atoms with Gasteiger partial charge in [0.25, 0.3) is 5.91 Å². The van der Waals surface area contributed by atoms with Gasteiger partial charge in [-0.1, -0.05) is 61.2 Å². The number of carbonyl (C=O) groups excluding carboxylic acids is 5. The van der Waals surface area contributed by atoms with E-state index in [4.69, 9.17) is 25.8 Å². The number of aromatic nitrogens is 3. The fraction of sp³-hybridized carbons (Fsp3) is 0.586. The summed E-state index contributed by atoms with van der Waals surface area (Å²) < 4.78 is 46.5. The van der Waals surface area contributed by atoms with Gasteiger partial charge in [-0.05, 0) is 172 Å². The molecule has 2 aromatic heterocycles. The van der Waals surface area contributed by atoms with Crippen LogP contribution in [0.25, 0.3) is 11.0 Å². The molecule has 19 nitrogen and oxygen atoms in total. The van der Waals surface area contributed by atoms with E-state index >= 15 is 0 Å². The number of hydrogen-bond donors (Lipinski definition) is 4. The number of Topliss-reactive ketones (excluding diaryl/α,β-unsaturated/α-hetero) is 1. The van der Waals surface area contributed by atoms with E-state index in [1.54, 1.807) is 31.7 Å². The lowest BCUT2D eigenvalue weighted by Gasteiger charge is -2.43. The van der Waals surface area contributed by atoms with Crippen molar-refractivity contribution in [2.45, 2.75) is 191 Å². The number of nitrogens with zero attached hydrogens (tertiary/aromatic N) is 7. The van der Waals surface area contributed by atoms with Crippen LogP contribution >= 0.6 is 11.6 Å². The minimum atomic E-state index is -1.11. The number of likely N-dealkylation sites (tertiary alicyclic amines) is 3. The fourth-order valence-electron chi connectivity index (χ4n) is 13.9. The molecule has 5 fully saturated rings. The Morgan fingerprint density at radius 1 is 0.804 bits per heavy atom. The number of carbonyl (C=O) groups is 5. The van der Waals surface area contributed by atoms with Gasteiger partial charge in [0.05, 0.1) is 30.7 Å². The molecule has 3 aromatic carbocycles. The lowest BCUT2D eigenvalue weighted by Crippen LogP contribution is -2.60. The van der Waals surface area contributed by atoms with E-state index in [1.165, 1.54) is 17.3 Å². The number of aliphatic hydroxyl groups excluding tert-OH is 1. The molecule has 10 rings (SSSR count). The summed E-state index contributed by atoms with van der Waals surface area (Å²) >= 11 is 6.39. The number of H-pyrrole nitrogens is 1. The molecule has 1 saturated carbocycles. The molecule has 6 heterocycles. The topological polar surface area (TPSA) is 215 Å². The van der Waals surface area contributed by atoms with Crippen molar-refractivity contribution >= 4 is 58.2 Å². The lowest BCUT2D eigenvalue weighted by atomic mass is 9.79. The molecule has 4 N–H and O–H groups in total. The molecule has 0 bridgehead atoms. The van der Waals surface area contributed by atoms with Crippen molar-refractivity contribution in [1.82, 2.24) is 45.2 Å². The number of piperidine rings is 3. The van der Waals surface area contributed by atoms with Crippen LogP contribution in [0.15, 0.2) is 85.3 Å².